The van der Waals surface area contributed by atoms with Gasteiger partial charge in [0, 0.05) is 19.6 Å². The van der Waals surface area contributed by atoms with Crippen LogP contribution in [0.25, 0.3) is 0 Å². The molecule has 1 aliphatic rings. The Morgan fingerprint density at radius 3 is 2.79 bits per heavy atom. The maximum atomic E-state index is 5.61. The third kappa shape index (κ3) is 4.23. The number of nitrogens with one attached hydrogen (secondary N) is 1. The molecule has 0 amide bonds. The first kappa shape index (κ1) is 14.4. The molecule has 1 aliphatic heterocycles. The Labute approximate surface area is 116 Å². The van der Waals surface area contributed by atoms with Crippen molar-refractivity contribution in [2.45, 2.75) is 46.6 Å². The lowest BCUT2D eigenvalue weighted by molar-refractivity contribution is 0.378. The van der Waals surface area contributed by atoms with Crippen LogP contribution in [0.4, 0.5) is 6.01 Å². The first-order valence-corrected chi connectivity index (χ1v) is 7.59. The summed E-state index contributed by atoms with van der Waals surface area (Å²) in [5.41, 5.74) is 1.01. The van der Waals surface area contributed by atoms with Gasteiger partial charge >= 0.3 is 0 Å². The average Bonchev–Trinajstić information content (AvgIpc) is 2.87. The maximum absolute atomic E-state index is 5.61. The van der Waals surface area contributed by atoms with Gasteiger partial charge in [-0.25, -0.2) is 0 Å². The number of hydrogen-bond donors (Lipinski definition) is 1. The predicted octanol–water partition coefficient (Wildman–Crippen LogP) is 3.05. The zero-order valence-electron chi connectivity index (χ0n) is 12.5. The number of oxazole rings is 1. The van der Waals surface area contributed by atoms with Crippen LogP contribution < -0.4 is 10.2 Å². The third-order valence-electron chi connectivity index (χ3n) is 3.86. The van der Waals surface area contributed by atoms with Crippen LogP contribution in [0.15, 0.2) is 10.7 Å². The van der Waals surface area contributed by atoms with E-state index in [2.05, 4.69) is 36.0 Å². The molecule has 0 saturated carbocycles. The standard InChI is InChI=1S/C15H27N3O/c1-4-13-5-7-18(8-6-13)15-17-14(11-19-15)10-16-9-12(2)3/h11-13,16H,4-10H2,1-3H3. The van der Waals surface area contributed by atoms with E-state index in [1.54, 1.807) is 6.26 Å². The van der Waals surface area contributed by atoms with E-state index in [0.717, 1.165) is 43.8 Å². The van der Waals surface area contributed by atoms with Gasteiger partial charge in [-0.2, -0.15) is 4.98 Å². The Bertz CT molecular complexity index is 367. The maximum Gasteiger partial charge on any atom is 0.297 e. The van der Waals surface area contributed by atoms with Gasteiger partial charge in [0.25, 0.3) is 6.01 Å². The Morgan fingerprint density at radius 2 is 2.16 bits per heavy atom. The first-order chi connectivity index (χ1) is 9.19. The molecule has 0 aromatic carbocycles. The highest BCUT2D eigenvalue weighted by molar-refractivity contribution is 5.27. The van der Waals surface area contributed by atoms with Crippen molar-refractivity contribution in [3.8, 4) is 0 Å². The molecule has 0 bridgehead atoms. The molecule has 4 heteroatoms. The van der Waals surface area contributed by atoms with E-state index in [4.69, 9.17) is 4.42 Å². The molecule has 1 fully saturated rings. The van der Waals surface area contributed by atoms with Crippen LogP contribution >= 0.6 is 0 Å². The first-order valence-electron chi connectivity index (χ1n) is 7.59. The topological polar surface area (TPSA) is 41.3 Å². The predicted molar refractivity (Wildman–Crippen MR) is 78.3 cm³/mol. The zero-order valence-corrected chi connectivity index (χ0v) is 12.5. The van der Waals surface area contributed by atoms with Gasteiger partial charge < -0.3 is 14.6 Å². The lowest BCUT2D eigenvalue weighted by atomic mass is 9.95. The van der Waals surface area contributed by atoms with Crippen molar-refractivity contribution in [1.82, 2.24) is 10.3 Å². The van der Waals surface area contributed by atoms with Crippen molar-refractivity contribution in [3.63, 3.8) is 0 Å². The van der Waals surface area contributed by atoms with Crippen molar-refractivity contribution >= 4 is 6.01 Å². The fourth-order valence-electron chi connectivity index (χ4n) is 2.54. The molecule has 1 aromatic rings. The van der Waals surface area contributed by atoms with Crippen LogP contribution in [0.5, 0.6) is 0 Å². The van der Waals surface area contributed by atoms with Crippen molar-refractivity contribution in [2.24, 2.45) is 11.8 Å². The summed E-state index contributed by atoms with van der Waals surface area (Å²) in [6, 6.07) is 0.802. The molecule has 1 aromatic heterocycles. The van der Waals surface area contributed by atoms with Crippen molar-refractivity contribution < 1.29 is 4.42 Å². The molecule has 1 N–H and O–H groups in total. The molecule has 0 spiro atoms. The van der Waals surface area contributed by atoms with Gasteiger partial charge in [0.2, 0.25) is 0 Å². The summed E-state index contributed by atoms with van der Waals surface area (Å²) in [5, 5.41) is 3.39. The van der Waals surface area contributed by atoms with Gasteiger partial charge in [0.05, 0.1) is 5.69 Å². The van der Waals surface area contributed by atoms with E-state index < -0.39 is 0 Å². The lowest BCUT2D eigenvalue weighted by Gasteiger charge is -2.30. The molecule has 2 heterocycles. The number of nitrogens with zero attached hydrogens (tertiary/aromatic N) is 2. The number of rotatable bonds is 6. The summed E-state index contributed by atoms with van der Waals surface area (Å²) in [6.45, 7) is 10.7. The van der Waals surface area contributed by atoms with Crippen molar-refractivity contribution in [3.05, 3.63) is 12.0 Å². The highest BCUT2D eigenvalue weighted by Crippen LogP contribution is 2.24. The van der Waals surface area contributed by atoms with Crippen LogP contribution in [-0.2, 0) is 6.54 Å². The number of hydrogen-bond acceptors (Lipinski definition) is 4. The largest absolute Gasteiger partial charge is 0.432 e. The van der Waals surface area contributed by atoms with Crippen LogP contribution in [-0.4, -0.2) is 24.6 Å². The van der Waals surface area contributed by atoms with Crippen LogP contribution in [0, 0.1) is 11.8 Å². The summed E-state index contributed by atoms with van der Waals surface area (Å²) in [7, 11) is 0. The van der Waals surface area contributed by atoms with E-state index in [1.807, 2.05) is 0 Å². The third-order valence-corrected chi connectivity index (χ3v) is 3.86. The second kappa shape index (κ2) is 6.94. The van der Waals surface area contributed by atoms with Crippen LogP contribution in [0.3, 0.4) is 0 Å². The Hall–Kier alpha value is -1.03. The van der Waals surface area contributed by atoms with Gasteiger partial charge in [-0.1, -0.05) is 27.2 Å². The molecule has 19 heavy (non-hydrogen) atoms. The van der Waals surface area contributed by atoms with Crippen molar-refractivity contribution in [1.29, 1.82) is 0 Å². The Morgan fingerprint density at radius 1 is 1.42 bits per heavy atom. The monoisotopic (exact) mass is 265 g/mol. The minimum Gasteiger partial charge on any atom is -0.432 e. The summed E-state index contributed by atoms with van der Waals surface area (Å²) in [6.07, 6.45) is 5.61. The van der Waals surface area contributed by atoms with Crippen LogP contribution in [0.1, 0.15) is 45.7 Å². The summed E-state index contributed by atoms with van der Waals surface area (Å²) in [5.74, 6) is 1.55. The van der Waals surface area contributed by atoms with E-state index in [0.29, 0.717) is 5.92 Å². The fraction of sp³-hybridized carbons (Fsp3) is 0.800. The lowest BCUT2D eigenvalue weighted by Crippen LogP contribution is -2.33. The summed E-state index contributed by atoms with van der Waals surface area (Å²) >= 11 is 0. The normalized spacial score (nSPS) is 17.4. The van der Waals surface area contributed by atoms with Gasteiger partial charge in [-0.3, -0.25) is 0 Å². The molecule has 0 unspecified atom stereocenters. The molecule has 2 rings (SSSR count). The molecule has 0 atom stereocenters. The van der Waals surface area contributed by atoms with E-state index >= 15 is 0 Å². The fourth-order valence-corrected chi connectivity index (χ4v) is 2.54. The zero-order chi connectivity index (χ0) is 13.7. The van der Waals surface area contributed by atoms with Gasteiger partial charge in [0.1, 0.15) is 6.26 Å². The molecule has 108 valence electrons. The highest BCUT2D eigenvalue weighted by Gasteiger charge is 2.21. The Kier molecular flexibility index (Phi) is 5.25. The van der Waals surface area contributed by atoms with Gasteiger partial charge in [-0.05, 0) is 31.2 Å². The van der Waals surface area contributed by atoms with Gasteiger partial charge in [-0.15, -0.1) is 0 Å². The molecule has 4 nitrogen and oxygen atoms in total. The smallest absolute Gasteiger partial charge is 0.297 e. The van der Waals surface area contributed by atoms with E-state index in [9.17, 15) is 0 Å². The number of piperidine rings is 1. The number of aromatic nitrogens is 1. The van der Waals surface area contributed by atoms with Crippen molar-refractivity contribution in [2.75, 3.05) is 24.5 Å². The Balaban J connectivity index is 1.80. The second-order valence-electron chi connectivity index (χ2n) is 5.98. The minimum absolute atomic E-state index is 0.666. The summed E-state index contributed by atoms with van der Waals surface area (Å²) in [4.78, 5) is 6.85. The molecule has 0 aliphatic carbocycles. The SMILES string of the molecule is CCC1CCN(c2nc(CNCC(C)C)co2)CC1. The highest BCUT2D eigenvalue weighted by atomic mass is 16.4. The van der Waals surface area contributed by atoms with Gasteiger partial charge in [0.15, 0.2) is 0 Å². The quantitative estimate of drug-likeness (QED) is 0.858. The molecular formula is C15H27N3O. The minimum atomic E-state index is 0.666. The average molecular weight is 265 g/mol. The molecule has 0 radical (unpaired) electrons. The van der Waals surface area contributed by atoms with Crippen LogP contribution in [0.2, 0.25) is 0 Å². The summed E-state index contributed by atoms with van der Waals surface area (Å²) < 4.78 is 5.61. The van der Waals surface area contributed by atoms with E-state index in [-0.39, 0.29) is 0 Å². The molecular weight excluding hydrogens is 238 g/mol. The number of anilines is 1. The van der Waals surface area contributed by atoms with E-state index in [1.165, 1.54) is 19.3 Å². The molecule has 1 saturated heterocycles. The second-order valence-corrected chi connectivity index (χ2v) is 5.98.